The van der Waals surface area contributed by atoms with Crippen molar-refractivity contribution in [1.82, 2.24) is 15.3 Å². The third-order valence-corrected chi connectivity index (χ3v) is 6.42. The van der Waals surface area contributed by atoms with E-state index in [0.717, 1.165) is 33.4 Å². The quantitative estimate of drug-likeness (QED) is 0.513. The molecule has 1 amide bonds. The highest BCUT2D eigenvalue weighted by molar-refractivity contribution is 6.13. The zero-order chi connectivity index (χ0) is 22.8. The lowest BCUT2D eigenvalue weighted by molar-refractivity contribution is 0.0957. The molecule has 162 valence electrons. The number of amides is 1. The van der Waals surface area contributed by atoms with E-state index in [9.17, 15) is 9.59 Å². The summed E-state index contributed by atoms with van der Waals surface area (Å²) in [6, 6.07) is 23.6. The molecular weight excluding hydrogens is 410 g/mol. The van der Waals surface area contributed by atoms with Crippen LogP contribution in [0.25, 0.3) is 0 Å². The Hall–Kier alpha value is -4.12. The summed E-state index contributed by atoms with van der Waals surface area (Å²) < 4.78 is 0. The Kier molecular flexibility index (Phi) is 5.31. The molecule has 4 aromatic rings. The molecule has 2 heterocycles. The number of aromatic nitrogens is 2. The van der Waals surface area contributed by atoms with Gasteiger partial charge in [-0.3, -0.25) is 19.6 Å². The molecule has 0 fully saturated rings. The third-order valence-electron chi connectivity index (χ3n) is 6.42. The normalized spacial score (nSPS) is 13.7. The number of fused-ring (bicyclic) bond motifs is 2. The van der Waals surface area contributed by atoms with E-state index in [1.807, 2.05) is 60.7 Å². The number of carbonyl (C=O) groups is 2. The molecule has 0 atom stereocenters. The van der Waals surface area contributed by atoms with Gasteiger partial charge in [-0.2, -0.15) is 0 Å². The predicted octanol–water partition coefficient (Wildman–Crippen LogP) is 4.15. The van der Waals surface area contributed by atoms with Gasteiger partial charge in [0.15, 0.2) is 5.78 Å². The molecule has 5 nitrogen and oxygen atoms in total. The highest BCUT2D eigenvalue weighted by Gasteiger charge is 2.43. The number of hydrogen-bond acceptors (Lipinski definition) is 4. The average molecular weight is 434 g/mol. The number of pyridine rings is 2. The Balaban J connectivity index is 1.75. The molecule has 0 radical (unpaired) electrons. The summed E-state index contributed by atoms with van der Waals surface area (Å²) in [6.45, 7) is 0. The Morgan fingerprint density at radius 3 is 2.03 bits per heavy atom. The highest BCUT2D eigenvalue weighted by atomic mass is 16.1. The van der Waals surface area contributed by atoms with E-state index >= 15 is 0 Å². The van der Waals surface area contributed by atoms with Gasteiger partial charge in [-0.15, -0.1) is 0 Å². The molecule has 1 aliphatic rings. The molecule has 1 N–H and O–H groups in total. The Bertz CT molecular complexity index is 1300. The Morgan fingerprint density at radius 2 is 1.39 bits per heavy atom. The summed E-state index contributed by atoms with van der Waals surface area (Å²) >= 11 is 0. The number of benzene rings is 2. The van der Waals surface area contributed by atoms with Crippen molar-refractivity contribution in [2.24, 2.45) is 0 Å². The Labute approximate surface area is 192 Å². The molecule has 0 spiro atoms. The summed E-state index contributed by atoms with van der Waals surface area (Å²) in [5, 5.41) is 2.65. The molecule has 2 aromatic carbocycles. The lowest BCUT2D eigenvalue weighted by Crippen LogP contribution is -2.40. The van der Waals surface area contributed by atoms with Gasteiger partial charge in [-0.1, -0.05) is 48.5 Å². The van der Waals surface area contributed by atoms with E-state index < -0.39 is 5.41 Å². The van der Waals surface area contributed by atoms with E-state index in [4.69, 9.17) is 0 Å². The van der Waals surface area contributed by atoms with Crippen molar-refractivity contribution in [3.8, 4) is 0 Å². The summed E-state index contributed by atoms with van der Waals surface area (Å²) in [4.78, 5) is 34.1. The van der Waals surface area contributed by atoms with E-state index in [1.165, 1.54) is 0 Å². The first-order chi connectivity index (χ1) is 16.1. The molecule has 0 unspecified atom stereocenters. The van der Waals surface area contributed by atoms with Crippen LogP contribution in [-0.2, 0) is 18.3 Å². The zero-order valence-corrected chi connectivity index (χ0v) is 18.3. The van der Waals surface area contributed by atoms with Crippen molar-refractivity contribution in [2.75, 3.05) is 7.05 Å². The zero-order valence-electron chi connectivity index (χ0n) is 18.3. The molecule has 0 saturated heterocycles. The number of rotatable bonds is 5. The van der Waals surface area contributed by atoms with Gasteiger partial charge in [0.25, 0.3) is 5.91 Å². The van der Waals surface area contributed by atoms with Gasteiger partial charge in [-0.05, 0) is 59.4 Å². The molecule has 0 saturated carbocycles. The summed E-state index contributed by atoms with van der Waals surface area (Å²) in [7, 11) is 1.60. The summed E-state index contributed by atoms with van der Waals surface area (Å²) in [6.07, 6.45) is 6.57. The van der Waals surface area contributed by atoms with Crippen LogP contribution in [0.4, 0.5) is 0 Å². The number of nitrogens with zero attached hydrogens (tertiary/aromatic N) is 2. The van der Waals surface area contributed by atoms with Crippen molar-refractivity contribution in [2.45, 2.75) is 18.3 Å². The first-order valence-electron chi connectivity index (χ1n) is 10.9. The number of ketones is 1. The van der Waals surface area contributed by atoms with Crippen molar-refractivity contribution in [3.05, 3.63) is 130 Å². The van der Waals surface area contributed by atoms with Crippen LogP contribution in [-0.4, -0.2) is 28.7 Å². The van der Waals surface area contributed by atoms with E-state index in [2.05, 4.69) is 27.4 Å². The predicted molar refractivity (Wildman–Crippen MR) is 126 cm³/mol. The maximum Gasteiger partial charge on any atom is 0.269 e. The van der Waals surface area contributed by atoms with E-state index in [0.29, 0.717) is 18.5 Å². The lowest BCUT2D eigenvalue weighted by Gasteiger charge is -2.41. The first kappa shape index (κ1) is 20.8. The molecular formula is C28H23N3O2. The van der Waals surface area contributed by atoms with Crippen LogP contribution in [0.5, 0.6) is 0 Å². The fourth-order valence-electron chi connectivity index (χ4n) is 4.96. The fourth-order valence-corrected chi connectivity index (χ4v) is 4.96. The van der Waals surface area contributed by atoms with Crippen molar-refractivity contribution in [3.63, 3.8) is 0 Å². The molecule has 5 heteroatoms. The minimum Gasteiger partial charge on any atom is -0.354 e. The van der Waals surface area contributed by atoms with Gasteiger partial charge >= 0.3 is 0 Å². The molecule has 33 heavy (non-hydrogen) atoms. The van der Waals surface area contributed by atoms with Gasteiger partial charge in [0.2, 0.25) is 0 Å². The van der Waals surface area contributed by atoms with Gasteiger partial charge in [0.05, 0.1) is 0 Å². The largest absolute Gasteiger partial charge is 0.354 e. The van der Waals surface area contributed by atoms with E-state index in [-0.39, 0.29) is 11.7 Å². The minimum atomic E-state index is -0.496. The third kappa shape index (κ3) is 3.61. The van der Waals surface area contributed by atoms with Crippen LogP contribution < -0.4 is 5.32 Å². The average Bonchev–Trinajstić information content (AvgIpc) is 2.87. The van der Waals surface area contributed by atoms with Crippen LogP contribution >= 0.6 is 0 Å². The second-order valence-electron chi connectivity index (χ2n) is 8.34. The van der Waals surface area contributed by atoms with Gasteiger partial charge in [0, 0.05) is 42.2 Å². The smallest absolute Gasteiger partial charge is 0.269 e. The van der Waals surface area contributed by atoms with Gasteiger partial charge in [-0.25, -0.2) is 0 Å². The molecule has 5 rings (SSSR count). The molecule has 1 aliphatic carbocycles. The van der Waals surface area contributed by atoms with Crippen molar-refractivity contribution >= 4 is 11.7 Å². The number of hydrogen-bond donors (Lipinski definition) is 1. The standard InChI is InChI=1S/C28H23N3O2/c1-29-27(33)25-16-20(12-15-31-25)18-28(17-19-10-13-30-14-11-19)23-8-4-2-6-21(23)26(32)22-7-3-5-9-24(22)28/h2-16H,17-18H2,1H3,(H,29,33). The van der Waals surface area contributed by atoms with Crippen LogP contribution in [0.2, 0.25) is 0 Å². The molecule has 0 bridgehead atoms. The summed E-state index contributed by atoms with van der Waals surface area (Å²) in [5.74, 6) is -0.174. The van der Waals surface area contributed by atoms with Gasteiger partial charge < -0.3 is 5.32 Å². The van der Waals surface area contributed by atoms with Crippen LogP contribution in [0, 0.1) is 0 Å². The summed E-state index contributed by atoms with van der Waals surface area (Å²) in [5.41, 5.74) is 5.46. The number of carbonyl (C=O) groups excluding carboxylic acids is 2. The monoisotopic (exact) mass is 433 g/mol. The fraction of sp³-hybridized carbons (Fsp3) is 0.143. The topological polar surface area (TPSA) is 72.0 Å². The van der Waals surface area contributed by atoms with Crippen LogP contribution in [0.1, 0.15) is 48.7 Å². The second-order valence-corrected chi connectivity index (χ2v) is 8.34. The van der Waals surface area contributed by atoms with E-state index in [1.54, 1.807) is 25.6 Å². The SMILES string of the molecule is CNC(=O)c1cc(CC2(Cc3ccncc3)c3ccccc3C(=O)c3ccccc32)ccn1. The maximum absolute atomic E-state index is 13.4. The number of nitrogens with one attached hydrogen (secondary N) is 1. The highest BCUT2D eigenvalue weighted by Crippen LogP contribution is 2.46. The second kappa shape index (κ2) is 8.43. The van der Waals surface area contributed by atoms with Gasteiger partial charge in [0.1, 0.15) is 5.69 Å². The maximum atomic E-state index is 13.4. The lowest BCUT2D eigenvalue weighted by atomic mass is 9.61. The first-order valence-corrected chi connectivity index (χ1v) is 10.9. The van der Waals surface area contributed by atoms with Crippen molar-refractivity contribution in [1.29, 1.82) is 0 Å². The minimum absolute atomic E-state index is 0.0485. The molecule has 2 aromatic heterocycles. The van der Waals surface area contributed by atoms with Crippen molar-refractivity contribution < 1.29 is 9.59 Å². The Morgan fingerprint density at radius 1 is 0.818 bits per heavy atom. The molecule has 0 aliphatic heterocycles. The van der Waals surface area contributed by atoms with Crippen LogP contribution in [0.3, 0.4) is 0 Å². The van der Waals surface area contributed by atoms with Crippen LogP contribution in [0.15, 0.2) is 91.4 Å².